The highest BCUT2D eigenvalue weighted by Crippen LogP contribution is 2.58. The minimum absolute atomic E-state index is 0.0319. The smallest absolute Gasteiger partial charge is 0.273 e. The second-order valence-corrected chi connectivity index (χ2v) is 8.22. The van der Waals surface area contributed by atoms with Crippen molar-refractivity contribution in [2.24, 2.45) is 23.7 Å². The summed E-state index contributed by atoms with van der Waals surface area (Å²) in [6, 6.07) is 0.494. The Morgan fingerprint density at radius 1 is 1.09 bits per heavy atom. The van der Waals surface area contributed by atoms with Gasteiger partial charge in [-0.1, -0.05) is 12.2 Å². The Labute approximate surface area is 134 Å². The number of pyridine rings is 1. The van der Waals surface area contributed by atoms with Gasteiger partial charge < -0.3 is 0 Å². The molecule has 0 radical (unpaired) electrons. The minimum Gasteiger partial charge on any atom is -0.280 e. The van der Waals surface area contributed by atoms with E-state index in [9.17, 15) is 4.79 Å². The van der Waals surface area contributed by atoms with E-state index in [4.69, 9.17) is 0 Å². The van der Waals surface area contributed by atoms with Crippen LogP contribution >= 0.6 is 0 Å². The van der Waals surface area contributed by atoms with Crippen molar-refractivity contribution in [3.8, 4) is 0 Å². The predicted octanol–water partition coefficient (Wildman–Crippen LogP) is 3.29. The SMILES string of the molecule is O=c1[nH]n(C2C3CC4CC(C3)CC2C4)c2c3c(ncc12)CC=C3. The van der Waals surface area contributed by atoms with E-state index in [1.807, 2.05) is 0 Å². The van der Waals surface area contributed by atoms with Gasteiger partial charge in [-0.25, -0.2) is 0 Å². The molecular formula is C19H21N3O. The third kappa shape index (κ3) is 1.57. The third-order valence-electron chi connectivity index (χ3n) is 6.95. The lowest BCUT2D eigenvalue weighted by molar-refractivity contribution is -0.0321. The number of fused-ring (bicyclic) bond motifs is 3. The minimum atomic E-state index is 0.0319. The first-order chi connectivity index (χ1) is 11.3. The normalized spacial score (nSPS) is 37.0. The number of hydrogen-bond donors (Lipinski definition) is 1. The fourth-order valence-electron chi connectivity index (χ4n) is 6.37. The molecule has 23 heavy (non-hydrogen) atoms. The zero-order valence-corrected chi connectivity index (χ0v) is 13.2. The van der Waals surface area contributed by atoms with Crippen LogP contribution in [0.4, 0.5) is 0 Å². The van der Waals surface area contributed by atoms with Crippen molar-refractivity contribution >= 4 is 17.0 Å². The fraction of sp³-hybridized carbons (Fsp3) is 0.579. The molecule has 0 amide bonds. The summed E-state index contributed by atoms with van der Waals surface area (Å²) < 4.78 is 2.26. The number of H-pyrrole nitrogens is 1. The quantitative estimate of drug-likeness (QED) is 0.879. The number of aromatic nitrogens is 3. The molecule has 118 valence electrons. The van der Waals surface area contributed by atoms with Gasteiger partial charge in [0.1, 0.15) is 0 Å². The van der Waals surface area contributed by atoms with Gasteiger partial charge in [0, 0.05) is 18.2 Å². The van der Waals surface area contributed by atoms with Gasteiger partial charge in [0.2, 0.25) is 0 Å². The first-order valence-electron chi connectivity index (χ1n) is 9.06. The Bertz CT molecular complexity index is 875. The molecule has 2 aromatic rings. The number of nitrogens with one attached hydrogen (secondary N) is 1. The molecule has 4 nitrogen and oxygen atoms in total. The summed E-state index contributed by atoms with van der Waals surface area (Å²) in [6.45, 7) is 0. The molecule has 1 N–H and O–H groups in total. The topological polar surface area (TPSA) is 50.7 Å². The number of nitrogens with zero attached hydrogens (tertiary/aromatic N) is 2. The summed E-state index contributed by atoms with van der Waals surface area (Å²) in [7, 11) is 0. The highest BCUT2D eigenvalue weighted by atomic mass is 16.1. The molecule has 5 aliphatic rings. The van der Waals surface area contributed by atoms with Crippen LogP contribution in [0.1, 0.15) is 49.4 Å². The summed E-state index contributed by atoms with van der Waals surface area (Å²) in [4.78, 5) is 17.0. The Kier molecular flexibility index (Phi) is 2.27. The molecule has 4 saturated carbocycles. The van der Waals surface area contributed by atoms with E-state index < -0.39 is 0 Å². The zero-order chi connectivity index (χ0) is 15.1. The van der Waals surface area contributed by atoms with E-state index in [1.54, 1.807) is 6.20 Å². The Hall–Kier alpha value is -1.84. The second kappa shape index (κ2) is 4.16. The van der Waals surface area contributed by atoms with Gasteiger partial charge in [-0.15, -0.1) is 0 Å². The molecule has 0 unspecified atom stereocenters. The summed E-state index contributed by atoms with van der Waals surface area (Å²) in [6.07, 6.45) is 13.9. The maximum atomic E-state index is 12.5. The number of aromatic amines is 1. The van der Waals surface area contributed by atoms with E-state index in [0.29, 0.717) is 6.04 Å². The molecule has 7 rings (SSSR count). The van der Waals surface area contributed by atoms with Gasteiger partial charge in [0.25, 0.3) is 5.56 Å². The van der Waals surface area contributed by atoms with Crippen LogP contribution in [0, 0.1) is 23.7 Å². The zero-order valence-electron chi connectivity index (χ0n) is 13.2. The molecule has 4 heteroatoms. The molecule has 4 bridgehead atoms. The average molecular weight is 307 g/mol. The second-order valence-electron chi connectivity index (χ2n) is 8.22. The highest BCUT2D eigenvalue weighted by Gasteiger charge is 2.49. The van der Waals surface area contributed by atoms with Crippen molar-refractivity contribution in [1.82, 2.24) is 14.8 Å². The number of allylic oxidation sites excluding steroid dienone is 1. The Morgan fingerprint density at radius 2 is 1.83 bits per heavy atom. The average Bonchev–Trinajstić information content (AvgIpc) is 3.11. The monoisotopic (exact) mass is 307 g/mol. The summed E-state index contributed by atoms with van der Waals surface area (Å²) in [5, 5.41) is 3.97. The van der Waals surface area contributed by atoms with Gasteiger partial charge >= 0.3 is 0 Å². The van der Waals surface area contributed by atoms with E-state index in [0.717, 1.165) is 46.7 Å². The van der Waals surface area contributed by atoms with Gasteiger partial charge in [-0.05, 0) is 55.8 Å². The van der Waals surface area contributed by atoms with Crippen molar-refractivity contribution in [2.45, 2.75) is 44.6 Å². The third-order valence-corrected chi connectivity index (χ3v) is 6.95. The first-order valence-corrected chi connectivity index (χ1v) is 9.06. The lowest BCUT2D eigenvalue weighted by atomic mass is 9.54. The van der Waals surface area contributed by atoms with Gasteiger partial charge in [0.15, 0.2) is 0 Å². The highest BCUT2D eigenvalue weighted by molar-refractivity contribution is 5.89. The van der Waals surface area contributed by atoms with E-state index in [-0.39, 0.29) is 5.56 Å². The van der Waals surface area contributed by atoms with Crippen LogP contribution in [-0.4, -0.2) is 14.8 Å². The van der Waals surface area contributed by atoms with Gasteiger partial charge in [-0.3, -0.25) is 19.6 Å². The van der Waals surface area contributed by atoms with Crippen molar-refractivity contribution in [1.29, 1.82) is 0 Å². The van der Waals surface area contributed by atoms with E-state index in [1.165, 1.54) is 37.7 Å². The summed E-state index contributed by atoms with van der Waals surface area (Å²) >= 11 is 0. The van der Waals surface area contributed by atoms with Crippen LogP contribution < -0.4 is 5.56 Å². The molecule has 0 aromatic carbocycles. The molecule has 0 atom stereocenters. The molecule has 4 fully saturated rings. The summed E-state index contributed by atoms with van der Waals surface area (Å²) in [5.41, 5.74) is 3.44. The van der Waals surface area contributed by atoms with E-state index in [2.05, 4.69) is 26.9 Å². The van der Waals surface area contributed by atoms with Crippen LogP contribution in [0.3, 0.4) is 0 Å². The predicted molar refractivity (Wildman–Crippen MR) is 89.2 cm³/mol. The van der Waals surface area contributed by atoms with E-state index >= 15 is 0 Å². The first kappa shape index (κ1) is 12.6. The molecule has 0 aliphatic heterocycles. The number of hydrogen-bond acceptors (Lipinski definition) is 2. The molecule has 5 aliphatic carbocycles. The Balaban J connectivity index is 1.59. The van der Waals surface area contributed by atoms with Gasteiger partial charge in [0.05, 0.1) is 22.6 Å². The standard InChI is InChI=1S/C19H21N3O/c23-19-15-9-20-16-3-1-2-14(16)18(15)22(21-19)17-12-5-10-4-11(7-12)8-13(17)6-10/h1-2,9-13,17H,3-8H2,(H,21,23). The van der Waals surface area contributed by atoms with Crippen molar-refractivity contribution in [3.05, 3.63) is 33.9 Å². The van der Waals surface area contributed by atoms with Crippen molar-refractivity contribution in [2.75, 3.05) is 0 Å². The molecular weight excluding hydrogens is 286 g/mol. The van der Waals surface area contributed by atoms with Crippen LogP contribution in [0.15, 0.2) is 17.1 Å². The van der Waals surface area contributed by atoms with Crippen molar-refractivity contribution in [3.63, 3.8) is 0 Å². The van der Waals surface area contributed by atoms with Gasteiger partial charge in [-0.2, -0.15) is 0 Å². The maximum Gasteiger partial charge on any atom is 0.273 e. The lowest BCUT2D eigenvalue weighted by Crippen LogP contribution is -2.46. The molecule has 0 spiro atoms. The fourth-order valence-corrected chi connectivity index (χ4v) is 6.37. The lowest BCUT2D eigenvalue weighted by Gasteiger charge is -2.54. The molecule has 2 aromatic heterocycles. The van der Waals surface area contributed by atoms with Crippen molar-refractivity contribution < 1.29 is 0 Å². The van der Waals surface area contributed by atoms with Crippen LogP contribution in [-0.2, 0) is 6.42 Å². The maximum absolute atomic E-state index is 12.5. The number of rotatable bonds is 1. The van der Waals surface area contributed by atoms with Crippen LogP contribution in [0.25, 0.3) is 17.0 Å². The summed E-state index contributed by atoms with van der Waals surface area (Å²) in [5.74, 6) is 3.42. The molecule has 0 saturated heterocycles. The molecule has 2 heterocycles. The largest absolute Gasteiger partial charge is 0.280 e. The van der Waals surface area contributed by atoms with Crippen LogP contribution in [0.2, 0.25) is 0 Å². The Morgan fingerprint density at radius 3 is 2.57 bits per heavy atom. The van der Waals surface area contributed by atoms with Crippen LogP contribution in [0.5, 0.6) is 0 Å².